The van der Waals surface area contributed by atoms with Gasteiger partial charge in [-0.1, -0.05) is 47.7 Å². The maximum atomic E-state index is 13.8. The van der Waals surface area contributed by atoms with E-state index >= 15 is 0 Å². The number of carbonyl (C=O) groups excluding carboxylic acids is 1. The first-order valence-corrected chi connectivity index (χ1v) is 12.7. The molecule has 8 nitrogen and oxygen atoms in total. The fourth-order valence-corrected chi connectivity index (χ4v) is 6.12. The number of anilines is 1. The molecule has 4 aromatic rings. The largest absolute Gasteiger partial charge is 0.465 e. The highest BCUT2D eigenvalue weighted by Crippen LogP contribution is 2.47. The molecule has 182 valence electrons. The van der Waals surface area contributed by atoms with Crippen LogP contribution in [0.15, 0.2) is 70.6 Å². The zero-order valence-electron chi connectivity index (χ0n) is 20.1. The molecule has 2 aliphatic heterocycles. The maximum Gasteiger partial charge on any atom is 0.270 e. The van der Waals surface area contributed by atoms with Gasteiger partial charge in [-0.2, -0.15) is 5.10 Å². The number of para-hydroxylation sites is 2. The fourth-order valence-electron chi connectivity index (χ4n) is 5.03. The van der Waals surface area contributed by atoms with Crippen LogP contribution in [-0.2, 0) is 11.3 Å². The third kappa shape index (κ3) is 3.50. The molecule has 2 aliphatic rings. The lowest BCUT2D eigenvalue weighted by atomic mass is 9.80. The topological polar surface area (TPSA) is 90.5 Å². The molecule has 0 fully saturated rings. The van der Waals surface area contributed by atoms with Crippen LogP contribution in [0.4, 0.5) is 5.69 Å². The molecule has 3 atom stereocenters. The van der Waals surface area contributed by atoms with Crippen molar-refractivity contribution in [2.24, 2.45) is 10.9 Å². The molecule has 0 aliphatic carbocycles. The number of benzene rings is 2. The van der Waals surface area contributed by atoms with Crippen molar-refractivity contribution >= 4 is 29.0 Å². The number of thiazole rings is 1. The van der Waals surface area contributed by atoms with Gasteiger partial charge < -0.3 is 10.1 Å². The molecule has 0 radical (unpaired) electrons. The molecule has 0 spiro atoms. The van der Waals surface area contributed by atoms with E-state index in [1.54, 1.807) is 10.6 Å². The van der Waals surface area contributed by atoms with E-state index in [4.69, 9.17) is 9.73 Å². The van der Waals surface area contributed by atoms with E-state index in [0.717, 1.165) is 23.4 Å². The van der Waals surface area contributed by atoms with Gasteiger partial charge >= 0.3 is 0 Å². The van der Waals surface area contributed by atoms with E-state index in [1.165, 1.54) is 11.3 Å². The van der Waals surface area contributed by atoms with Gasteiger partial charge in [-0.05, 0) is 50.6 Å². The second-order valence-electron chi connectivity index (χ2n) is 9.20. The molecule has 9 heteroatoms. The summed E-state index contributed by atoms with van der Waals surface area (Å²) in [6, 6.07) is 16.5. The Morgan fingerprint density at radius 1 is 1.19 bits per heavy atom. The van der Waals surface area contributed by atoms with E-state index in [1.807, 2.05) is 86.2 Å². The van der Waals surface area contributed by atoms with E-state index in [-0.39, 0.29) is 11.5 Å². The summed E-state index contributed by atoms with van der Waals surface area (Å²) in [5.74, 6) is -0.366. The van der Waals surface area contributed by atoms with Crippen molar-refractivity contribution in [2.75, 3.05) is 5.32 Å². The number of nitrogens with one attached hydrogen (secondary N) is 1. The minimum atomic E-state index is -1.18. The van der Waals surface area contributed by atoms with Gasteiger partial charge in [-0.25, -0.2) is 4.99 Å². The Morgan fingerprint density at radius 3 is 2.75 bits per heavy atom. The molecule has 36 heavy (non-hydrogen) atoms. The number of rotatable bonds is 4. The summed E-state index contributed by atoms with van der Waals surface area (Å²) in [6.07, 6.45) is 3.66. The second kappa shape index (κ2) is 8.30. The number of nitrogens with zero attached hydrogens (tertiary/aromatic N) is 4. The average molecular weight is 500 g/mol. The summed E-state index contributed by atoms with van der Waals surface area (Å²) in [5, 5.41) is 7.55. The Balaban J connectivity index is 1.53. The van der Waals surface area contributed by atoms with Crippen molar-refractivity contribution < 1.29 is 9.53 Å². The van der Waals surface area contributed by atoms with Crippen LogP contribution in [0, 0.1) is 12.8 Å². The standard InChI is InChI=1S/C27H25N5O3S/c1-4-31-14-13-17(30-31)15-21-25(34)32-23-18-10-6-8-12-20(18)35-27(3,29-26(32)36-21)22(23)24(33)28-19-11-7-5-9-16(19)2/h5-15,22-23H,4H2,1-3H3,(H,28,33)/b21-15+/t22-,23-,27+/m0/s1. The van der Waals surface area contributed by atoms with Gasteiger partial charge in [0.2, 0.25) is 11.6 Å². The van der Waals surface area contributed by atoms with Crippen LogP contribution in [0.5, 0.6) is 5.75 Å². The van der Waals surface area contributed by atoms with Crippen molar-refractivity contribution in [2.45, 2.75) is 39.1 Å². The van der Waals surface area contributed by atoms with Crippen molar-refractivity contribution in [1.29, 1.82) is 0 Å². The number of amides is 1. The Kier molecular flexibility index (Phi) is 5.19. The third-order valence-electron chi connectivity index (χ3n) is 6.83. The van der Waals surface area contributed by atoms with Gasteiger partial charge in [0.05, 0.1) is 16.3 Å². The highest BCUT2D eigenvalue weighted by atomic mass is 32.1. The minimum Gasteiger partial charge on any atom is -0.465 e. The minimum absolute atomic E-state index is 0.192. The Bertz CT molecular complexity index is 1680. The quantitative estimate of drug-likeness (QED) is 0.468. The molecule has 4 heterocycles. The summed E-state index contributed by atoms with van der Waals surface area (Å²) in [6.45, 7) is 6.51. The van der Waals surface area contributed by atoms with E-state index in [0.29, 0.717) is 20.8 Å². The summed E-state index contributed by atoms with van der Waals surface area (Å²) in [4.78, 5) is 33.0. The molecule has 6 rings (SSSR count). The Hall–Kier alpha value is -3.98. The molecular weight excluding hydrogens is 474 g/mol. The predicted octanol–water partition coefficient (Wildman–Crippen LogP) is 2.85. The Labute approximate surface area is 211 Å². The number of hydrogen-bond acceptors (Lipinski definition) is 6. The van der Waals surface area contributed by atoms with Gasteiger partial charge in [0.15, 0.2) is 4.80 Å². The maximum absolute atomic E-state index is 13.8. The van der Waals surface area contributed by atoms with Gasteiger partial charge in [-0.3, -0.25) is 18.8 Å². The predicted molar refractivity (Wildman–Crippen MR) is 138 cm³/mol. The first kappa shape index (κ1) is 22.5. The molecule has 0 unspecified atom stereocenters. The molecule has 1 amide bonds. The van der Waals surface area contributed by atoms with Crippen molar-refractivity contribution in [3.8, 4) is 5.75 Å². The van der Waals surface area contributed by atoms with Crippen LogP contribution in [0.2, 0.25) is 0 Å². The number of hydrogen-bond donors (Lipinski definition) is 1. The number of ether oxygens (including phenoxy) is 1. The SMILES string of the molecule is CCn1ccc(/C=c2/sc3n(c2=O)[C@H]2c4ccccc4O[C@@](C)(N=3)[C@@H]2C(=O)Nc2ccccc2C)n1. The molecule has 1 N–H and O–H groups in total. The van der Waals surface area contributed by atoms with Gasteiger partial charge in [0.25, 0.3) is 5.56 Å². The Morgan fingerprint density at radius 2 is 1.97 bits per heavy atom. The second-order valence-corrected chi connectivity index (χ2v) is 10.2. The van der Waals surface area contributed by atoms with Crippen molar-refractivity contribution in [3.63, 3.8) is 0 Å². The highest BCUT2D eigenvalue weighted by Gasteiger charge is 2.55. The number of aryl methyl sites for hydroxylation is 2. The van der Waals surface area contributed by atoms with Crippen molar-refractivity contribution in [1.82, 2.24) is 14.3 Å². The van der Waals surface area contributed by atoms with E-state index < -0.39 is 17.7 Å². The lowest BCUT2D eigenvalue weighted by molar-refractivity contribution is -0.131. The summed E-state index contributed by atoms with van der Waals surface area (Å²) >= 11 is 1.29. The first-order valence-electron chi connectivity index (χ1n) is 11.9. The van der Waals surface area contributed by atoms with Crippen LogP contribution >= 0.6 is 11.3 Å². The molecule has 2 aromatic carbocycles. The molecule has 0 saturated heterocycles. The van der Waals surface area contributed by atoms with E-state index in [2.05, 4.69) is 10.4 Å². The number of aromatic nitrogens is 3. The van der Waals surface area contributed by atoms with Crippen LogP contribution in [0.25, 0.3) is 6.08 Å². The fraction of sp³-hybridized carbons (Fsp3) is 0.259. The van der Waals surface area contributed by atoms with Crippen molar-refractivity contribution in [3.05, 3.63) is 97.3 Å². The van der Waals surface area contributed by atoms with Crippen LogP contribution < -0.4 is 24.9 Å². The average Bonchev–Trinajstić information content (AvgIpc) is 3.43. The van der Waals surface area contributed by atoms with Crippen LogP contribution in [0.3, 0.4) is 0 Å². The normalized spacial score (nSPS) is 22.2. The smallest absolute Gasteiger partial charge is 0.270 e. The summed E-state index contributed by atoms with van der Waals surface area (Å²) in [5.41, 5.74) is 1.80. The van der Waals surface area contributed by atoms with Crippen LogP contribution in [-0.4, -0.2) is 26.0 Å². The first-order chi connectivity index (χ1) is 17.4. The zero-order valence-corrected chi connectivity index (χ0v) is 21.0. The lowest BCUT2D eigenvalue weighted by Gasteiger charge is -2.45. The monoisotopic (exact) mass is 499 g/mol. The molecule has 2 aromatic heterocycles. The number of carbonyl (C=O) groups is 1. The third-order valence-corrected chi connectivity index (χ3v) is 7.81. The van der Waals surface area contributed by atoms with Gasteiger partial charge in [0.1, 0.15) is 11.7 Å². The van der Waals surface area contributed by atoms with Gasteiger partial charge in [0, 0.05) is 24.0 Å². The molecular formula is C27H25N5O3S. The van der Waals surface area contributed by atoms with Crippen LogP contribution in [0.1, 0.15) is 36.7 Å². The number of fused-ring (bicyclic) bond motifs is 6. The highest BCUT2D eigenvalue weighted by molar-refractivity contribution is 7.07. The van der Waals surface area contributed by atoms with E-state index in [9.17, 15) is 9.59 Å². The molecule has 2 bridgehead atoms. The molecule has 0 saturated carbocycles. The lowest BCUT2D eigenvalue weighted by Crippen LogP contribution is -2.59. The summed E-state index contributed by atoms with van der Waals surface area (Å²) in [7, 11) is 0. The summed E-state index contributed by atoms with van der Waals surface area (Å²) < 4.78 is 10.3. The zero-order chi connectivity index (χ0) is 25.0. The van der Waals surface area contributed by atoms with Gasteiger partial charge in [-0.15, -0.1) is 0 Å².